The third-order valence-corrected chi connectivity index (χ3v) is 16.8. The van der Waals surface area contributed by atoms with Gasteiger partial charge in [0.05, 0.1) is 58.5 Å². The number of aryl methyl sites for hydroxylation is 1. The van der Waals surface area contributed by atoms with Crippen LogP contribution in [0.15, 0.2) is 156 Å². The predicted octanol–water partition coefficient (Wildman–Crippen LogP) is 13.6. The zero-order chi connectivity index (χ0) is 62.8. The molecule has 9 heterocycles. The molecule has 11 aromatic rings. The van der Waals surface area contributed by atoms with Gasteiger partial charge in [0, 0.05) is 42.8 Å². The quantitative estimate of drug-likeness (QED) is 0.0543. The molecular weight excluding hydrogens is 1200 g/mol. The lowest BCUT2D eigenvalue weighted by Gasteiger charge is -2.26. The standard InChI is InChI=1S/C19H15F2N5O.C17H14F2N4O.C11H12F2.C9H9NO2S.C7H4ClN3O/c20-12-3-4-15(21)13(8-12)16-2-1-6-25(16)18-5-7-26-19(24-18)14(9-23-26)17-10-22-11-27-17;18-12-3-4-14(19)13(8-12)15-2-1-6-22(15)16-5-7-23-17(21-16)11(10-24)9-20-23;12-9-5-6-11(13)10(7-9)8-3-1-2-4-8;1-8-3-5-9(6-4-8)13(11,12)7-10-2;8-6-1-2-11-7(10-6)5(4-12)3-9-11/h3-5,7-11,16H,1-2,6H2;3-5,7-10,15H,1-2,6H2;5-8H,1-4H2;3-6H,7H2,1H3;1-4H. The van der Waals surface area contributed by atoms with Crippen molar-refractivity contribution >= 4 is 62.6 Å². The number of hydrogen-bond acceptors (Lipinski definition) is 14. The highest BCUT2D eigenvalue weighted by Gasteiger charge is 2.32. The number of hydrogen-bond donors (Lipinski definition) is 0. The average molecular weight is 1250 g/mol. The number of fused-ring (bicyclic) bond motifs is 3. The van der Waals surface area contributed by atoms with Gasteiger partial charge in [-0.3, -0.25) is 14.4 Å². The summed E-state index contributed by atoms with van der Waals surface area (Å²) in [4.78, 5) is 45.7. The molecule has 0 bridgehead atoms. The van der Waals surface area contributed by atoms with Gasteiger partial charge < -0.3 is 14.2 Å². The van der Waals surface area contributed by atoms with E-state index in [0.717, 1.165) is 80.8 Å². The summed E-state index contributed by atoms with van der Waals surface area (Å²) in [6.45, 7) is 9.78. The van der Waals surface area contributed by atoms with Gasteiger partial charge >= 0.3 is 5.88 Å². The zero-order valence-electron chi connectivity index (χ0n) is 47.4. The minimum atomic E-state index is -3.38. The lowest BCUT2D eigenvalue weighted by atomic mass is 9.97. The minimum absolute atomic E-state index is 0.217. The van der Waals surface area contributed by atoms with Gasteiger partial charge in [-0.2, -0.15) is 15.3 Å². The maximum atomic E-state index is 14.3. The highest BCUT2D eigenvalue weighted by molar-refractivity contribution is 7.91. The Balaban J connectivity index is 0.000000128. The van der Waals surface area contributed by atoms with Crippen LogP contribution in [0.1, 0.15) is 112 Å². The van der Waals surface area contributed by atoms with Crippen molar-refractivity contribution in [3.63, 3.8) is 0 Å². The van der Waals surface area contributed by atoms with Crippen LogP contribution in [0, 0.1) is 48.4 Å². The minimum Gasteiger partial charge on any atom is -0.443 e. The predicted molar refractivity (Wildman–Crippen MR) is 319 cm³/mol. The summed E-state index contributed by atoms with van der Waals surface area (Å²) in [5.41, 5.74) is 5.37. The first kappa shape index (κ1) is 62.3. The van der Waals surface area contributed by atoms with E-state index < -0.39 is 39.0 Å². The van der Waals surface area contributed by atoms with E-state index in [2.05, 4.69) is 35.1 Å². The van der Waals surface area contributed by atoms with Crippen molar-refractivity contribution in [2.24, 2.45) is 0 Å². The highest BCUT2D eigenvalue weighted by Crippen LogP contribution is 2.40. The second-order valence-electron chi connectivity index (χ2n) is 20.9. The fraction of sp³-hybridized carbons (Fsp3) is 0.238. The van der Waals surface area contributed by atoms with Crippen LogP contribution in [-0.4, -0.2) is 88.7 Å². The van der Waals surface area contributed by atoms with E-state index in [1.165, 1.54) is 76.3 Å². The van der Waals surface area contributed by atoms with Crippen molar-refractivity contribution in [2.75, 3.05) is 28.8 Å². The lowest BCUT2D eigenvalue weighted by Crippen LogP contribution is -2.24. The monoisotopic (exact) mass is 1250 g/mol. The Morgan fingerprint density at radius 2 is 1.08 bits per heavy atom. The highest BCUT2D eigenvalue weighted by atomic mass is 35.5. The molecule has 1 saturated carbocycles. The normalized spacial score (nSPS) is 15.5. The first-order valence-corrected chi connectivity index (χ1v) is 30.0. The first-order chi connectivity index (χ1) is 43.0. The lowest BCUT2D eigenvalue weighted by molar-refractivity contribution is 0.111. The summed E-state index contributed by atoms with van der Waals surface area (Å²) in [5, 5.41) is 12.6. The van der Waals surface area contributed by atoms with Gasteiger partial charge in [-0.1, -0.05) is 42.1 Å². The van der Waals surface area contributed by atoms with Gasteiger partial charge in [-0.15, -0.1) is 0 Å². The van der Waals surface area contributed by atoms with Gasteiger partial charge in [0.2, 0.25) is 0 Å². The molecule has 4 aromatic carbocycles. The maximum absolute atomic E-state index is 14.3. The van der Waals surface area contributed by atoms with Crippen LogP contribution < -0.4 is 9.80 Å². The Labute approximate surface area is 510 Å². The molecule has 1 aliphatic carbocycles. The Morgan fingerprint density at radius 3 is 1.60 bits per heavy atom. The van der Waals surface area contributed by atoms with E-state index in [1.807, 2.05) is 22.8 Å². The average Bonchev–Trinajstić information content (AvgIpc) is 1.81. The van der Waals surface area contributed by atoms with Crippen molar-refractivity contribution in [1.82, 2.24) is 48.8 Å². The first-order valence-electron chi connectivity index (χ1n) is 28.0. The van der Waals surface area contributed by atoms with Crippen LogP contribution in [0.25, 0.3) is 33.1 Å². The van der Waals surface area contributed by atoms with E-state index in [4.69, 9.17) is 27.6 Å². The van der Waals surface area contributed by atoms with Gasteiger partial charge in [-0.25, -0.2) is 74.8 Å². The number of benzene rings is 4. The van der Waals surface area contributed by atoms with E-state index >= 15 is 0 Å². The molecule has 18 nitrogen and oxygen atoms in total. The molecule has 0 N–H and O–H groups in total. The maximum Gasteiger partial charge on any atom is 0.316 e. The molecule has 2 saturated heterocycles. The number of rotatable bonds is 10. The van der Waals surface area contributed by atoms with Crippen LogP contribution in [0.5, 0.6) is 0 Å². The van der Waals surface area contributed by atoms with Crippen molar-refractivity contribution < 1.29 is 48.8 Å². The number of carbonyl (C=O) groups excluding carboxylic acids is 2. The van der Waals surface area contributed by atoms with Gasteiger partial charge in [-0.05, 0) is 142 Å². The molecule has 0 amide bonds. The van der Waals surface area contributed by atoms with Crippen LogP contribution in [0.3, 0.4) is 0 Å². The van der Waals surface area contributed by atoms with Crippen LogP contribution in [0.4, 0.5) is 38.0 Å². The number of anilines is 2. The van der Waals surface area contributed by atoms with Crippen molar-refractivity contribution in [1.29, 1.82) is 0 Å². The fourth-order valence-corrected chi connectivity index (χ4v) is 11.9. The Morgan fingerprint density at radius 1 is 0.596 bits per heavy atom. The zero-order valence-corrected chi connectivity index (χ0v) is 49.0. The SMILES string of the molecule is Fc1ccc(F)c(C2CCCC2)c1.Fc1ccc(F)c(C2CCCN2c2ccn3ncc(-c4cnco4)c3n2)c1.O=Cc1cnn2ccc(Cl)nc12.O=Cc1cnn2ccc(N3CCCC3c3cc(F)ccc3F)nc12.[C-]#[N+]CS(=O)(=O)c1ccc(C)cc1. The molecule has 3 aliphatic rings. The third kappa shape index (κ3) is 14.5. The third-order valence-electron chi connectivity index (χ3n) is 15.1. The number of aromatic nitrogens is 10. The molecule has 89 heavy (non-hydrogen) atoms. The molecular formula is C63H54ClF6N13O5S. The summed E-state index contributed by atoms with van der Waals surface area (Å²) in [6, 6.07) is 22.0. The van der Waals surface area contributed by atoms with Gasteiger partial charge in [0.25, 0.3) is 9.84 Å². The smallest absolute Gasteiger partial charge is 0.316 e. The molecule has 7 aromatic heterocycles. The molecule has 0 radical (unpaired) electrons. The van der Waals surface area contributed by atoms with E-state index in [-0.39, 0.29) is 34.5 Å². The van der Waals surface area contributed by atoms with Crippen LogP contribution in [-0.2, 0) is 9.84 Å². The molecule has 456 valence electrons. The molecule has 2 unspecified atom stereocenters. The second-order valence-corrected chi connectivity index (χ2v) is 23.2. The molecule has 0 spiro atoms. The Hall–Kier alpha value is -9.80. The number of halogens is 7. The van der Waals surface area contributed by atoms with Crippen molar-refractivity contribution in [2.45, 2.75) is 81.2 Å². The second kappa shape index (κ2) is 27.9. The van der Waals surface area contributed by atoms with E-state index in [0.29, 0.717) is 92.8 Å². The molecule has 3 fully saturated rings. The fourth-order valence-electron chi connectivity index (χ4n) is 10.8. The van der Waals surface area contributed by atoms with E-state index in [9.17, 15) is 44.3 Å². The van der Waals surface area contributed by atoms with Crippen LogP contribution in [0.2, 0.25) is 5.15 Å². The topological polar surface area (TPSA) is 196 Å². The Kier molecular flexibility index (Phi) is 19.5. The van der Waals surface area contributed by atoms with Crippen molar-refractivity contribution in [3.8, 4) is 11.3 Å². The summed E-state index contributed by atoms with van der Waals surface area (Å²) < 4.78 is 114. The molecule has 14 rings (SSSR count). The number of nitrogens with zero attached hydrogens (tertiary/aromatic N) is 13. The summed E-state index contributed by atoms with van der Waals surface area (Å²) in [7, 11) is -3.38. The largest absolute Gasteiger partial charge is 0.443 e. The van der Waals surface area contributed by atoms with Gasteiger partial charge in [0.15, 0.2) is 41.7 Å². The summed E-state index contributed by atoms with van der Waals surface area (Å²) in [6.07, 6.45) is 21.6. The number of sulfone groups is 1. The van der Waals surface area contributed by atoms with Gasteiger partial charge in [0.1, 0.15) is 51.7 Å². The van der Waals surface area contributed by atoms with Crippen molar-refractivity contribution in [3.05, 3.63) is 232 Å². The summed E-state index contributed by atoms with van der Waals surface area (Å²) >= 11 is 5.64. The number of aldehydes is 2. The molecule has 26 heteroatoms. The molecule has 2 atom stereocenters. The van der Waals surface area contributed by atoms with Crippen LogP contribution >= 0.6 is 11.6 Å². The summed E-state index contributed by atoms with van der Waals surface area (Å²) in [5.74, 6) is -0.654. The van der Waals surface area contributed by atoms with E-state index in [1.54, 1.807) is 59.8 Å². The molecule has 2 aliphatic heterocycles. The number of oxazole rings is 1. The Bertz CT molecular complexity index is 4460. The number of carbonyl (C=O) groups is 2.